The van der Waals surface area contributed by atoms with Gasteiger partial charge in [-0.1, -0.05) is 13.3 Å². The van der Waals surface area contributed by atoms with Gasteiger partial charge < -0.3 is 10.0 Å². The number of carboxylic acids is 1. The Morgan fingerprint density at radius 3 is 2.95 bits per heavy atom. The summed E-state index contributed by atoms with van der Waals surface area (Å²) in [5, 5.41) is 9.01. The third kappa shape index (κ3) is 3.03. The van der Waals surface area contributed by atoms with E-state index in [-0.39, 0.29) is 5.56 Å². The van der Waals surface area contributed by atoms with Crippen molar-refractivity contribution >= 4 is 11.9 Å². The number of rotatable bonds is 4. The maximum Gasteiger partial charge on any atom is 0.339 e. The highest BCUT2D eigenvalue weighted by atomic mass is 16.4. The monoisotopic (exact) mass is 263 g/mol. The molecule has 1 fully saturated rings. The van der Waals surface area contributed by atoms with Gasteiger partial charge in [-0.05, 0) is 32.6 Å². The van der Waals surface area contributed by atoms with E-state index in [4.69, 9.17) is 5.11 Å². The van der Waals surface area contributed by atoms with Gasteiger partial charge in [0.1, 0.15) is 0 Å². The standard InChI is InChI=1S/C14H21N3O2/c1-3-6-11-7-4-5-8-17(11)14-15-9-12(13(18)19)10(2)16-14/h9,11H,3-8H2,1-2H3,(H,18,19). The van der Waals surface area contributed by atoms with E-state index in [0.717, 1.165) is 25.8 Å². The molecule has 1 aliphatic rings. The fourth-order valence-corrected chi connectivity index (χ4v) is 2.70. The summed E-state index contributed by atoms with van der Waals surface area (Å²) < 4.78 is 0. The topological polar surface area (TPSA) is 66.3 Å². The van der Waals surface area contributed by atoms with Crippen LogP contribution < -0.4 is 4.90 Å². The van der Waals surface area contributed by atoms with Crippen molar-refractivity contribution in [2.24, 2.45) is 0 Å². The molecule has 5 nitrogen and oxygen atoms in total. The normalized spacial score (nSPS) is 19.5. The molecule has 0 bridgehead atoms. The molecule has 2 rings (SSSR count). The molecule has 1 saturated heterocycles. The minimum Gasteiger partial charge on any atom is -0.478 e. The second-order valence-electron chi connectivity index (χ2n) is 5.11. The Morgan fingerprint density at radius 1 is 1.53 bits per heavy atom. The molecule has 0 spiro atoms. The van der Waals surface area contributed by atoms with Gasteiger partial charge in [0.25, 0.3) is 0 Å². The van der Waals surface area contributed by atoms with Crippen LogP contribution in [0.3, 0.4) is 0 Å². The van der Waals surface area contributed by atoms with Crippen molar-refractivity contribution in [1.29, 1.82) is 0 Å². The summed E-state index contributed by atoms with van der Waals surface area (Å²) >= 11 is 0. The first kappa shape index (κ1) is 13.8. The molecule has 104 valence electrons. The Labute approximate surface area is 113 Å². The lowest BCUT2D eigenvalue weighted by molar-refractivity contribution is 0.0695. The predicted octanol–water partition coefficient (Wildman–Crippen LogP) is 2.64. The van der Waals surface area contributed by atoms with Crippen LogP contribution in [0.2, 0.25) is 0 Å². The Kier molecular flexibility index (Phi) is 4.35. The molecule has 5 heteroatoms. The molecule has 2 heterocycles. The molecule has 0 amide bonds. The van der Waals surface area contributed by atoms with E-state index in [2.05, 4.69) is 21.8 Å². The van der Waals surface area contributed by atoms with Crippen LogP contribution in [-0.2, 0) is 0 Å². The van der Waals surface area contributed by atoms with Gasteiger partial charge in [-0.25, -0.2) is 14.8 Å². The van der Waals surface area contributed by atoms with E-state index in [1.807, 2.05) is 0 Å². The van der Waals surface area contributed by atoms with Crippen molar-refractivity contribution in [3.63, 3.8) is 0 Å². The average Bonchev–Trinajstić information content (AvgIpc) is 2.39. The molecule has 0 saturated carbocycles. The van der Waals surface area contributed by atoms with Crippen LogP contribution >= 0.6 is 0 Å². The van der Waals surface area contributed by atoms with Gasteiger partial charge in [-0.15, -0.1) is 0 Å². The third-order valence-corrected chi connectivity index (χ3v) is 3.70. The number of carboxylic acid groups (broad SMARTS) is 1. The molecule has 0 aliphatic carbocycles. The molecular formula is C14H21N3O2. The van der Waals surface area contributed by atoms with Crippen LogP contribution in [-0.4, -0.2) is 33.6 Å². The first-order chi connectivity index (χ1) is 9.13. The molecule has 0 radical (unpaired) electrons. The Hall–Kier alpha value is -1.65. The minimum absolute atomic E-state index is 0.188. The van der Waals surface area contributed by atoms with E-state index in [9.17, 15) is 4.79 Å². The molecule has 1 atom stereocenters. The van der Waals surface area contributed by atoms with Crippen LogP contribution in [0.4, 0.5) is 5.95 Å². The summed E-state index contributed by atoms with van der Waals surface area (Å²) in [6, 6.07) is 0.494. The smallest absolute Gasteiger partial charge is 0.339 e. The fraction of sp³-hybridized carbons (Fsp3) is 0.643. The van der Waals surface area contributed by atoms with Gasteiger partial charge in [-0.3, -0.25) is 0 Å². The van der Waals surface area contributed by atoms with Gasteiger partial charge in [-0.2, -0.15) is 0 Å². The van der Waals surface area contributed by atoms with Crippen molar-refractivity contribution in [1.82, 2.24) is 9.97 Å². The highest BCUT2D eigenvalue weighted by Crippen LogP contribution is 2.25. The summed E-state index contributed by atoms with van der Waals surface area (Å²) in [6.07, 6.45) is 7.31. The summed E-state index contributed by atoms with van der Waals surface area (Å²) in [4.78, 5) is 21.9. The second kappa shape index (κ2) is 5.99. The lowest BCUT2D eigenvalue weighted by atomic mass is 9.99. The number of aryl methyl sites for hydroxylation is 1. The van der Waals surface area contributed by atoms with Crippen molar-refractivity contribution in [2.45, 2.75) is 52.0 Å². The zero-order valence-corrected chi connectivity index (χ0v) is 11.6. The third-order valence-electron chi connectivity index (χ3n) is 3.70. The molecular weight excluding hydrogens is 242 g/mol. The average molecular weight is 263 g/mol. The van der Waals surface area contributed by atoms with Gasteiger partial charge in [0.15, 0.2) is 0 Å². The van der Waals surface area contributed by atoms with Crippen molar-refractivity contribution in [2.75, 3.05) is 11.4 Å². The number of hydrogen-bond donors (Lipinski definition) is 1. The van der Waals surface area contributed by atoms with Crippen LogP contribution in [0.15, 0.2) is 6.20 Å². The Morgan fingerprint density at radius 2 is 2.32 bits per heavy atom. The van der Waals surface area contributed by atoms with Crippen LogP contribution in [0.25, 0.3) is 0 Å². The molecule has 19 heavy (non-hydrogen) atoms. The van der Waals surface area contributed by atoms with E-state index >= 15 is 0 Å². The first-order valence-corrected chi connectivity index (χ1v) is 6.97. The highest BCUT2D eigenvalue weighted by molar-refractivity contribution is 5.88. The lowest BCUT2D eigenvalue weighted by Crippen LogP contribution is -2.40. The van der Waals surface area contributed by atoms with Crippen molar-refractivity contribution in [3.8, 4) is 0 Å². The summed E-state index contributed by atoms with van der Waals surface area (Å²) in [5.74, 6) is -0.284. The van der Waals surface area contributed by atoms with E-state index in [0.29, 0.717) is 17.7 Å². The maximum absolute atomic E-state index is 11.0. The molecule has 1 aromatic heterocycles. The number of aromatic carboxylic acids is 1. The number of nitrogens with zero attached hydrogens (tertiary/aromatic N) is 3. The molecule has 0 aromatic carbocycles. The number of hydrogen-bond acceptors (Lipinski definition) is 4. The Bertz CT molecular complexity index is 460. The second-order valence-corrected chi connectivity index (χ2v) is 5.11. The Balaban J connectivity index is 2.24. The van der Waals surface area contributed by atoms with E-state index in [1.54, 1.807) is 6.92 Å². The number of anilines is 1. The predicted molar refractivity (Wildman–Crippen MR) is 73.6 cm³/mol. The van der Waals surface area contributed by atoms with Gasteiger partial charge in [0.05, 0.1) is 11.3 Å². The maximum atomic E-state index is 11.0. The summed E-state index contributed by atoms with van der Waals surface area (Å²) in [5.41, 5.74) is 0.728. The first-order valence-electron chi connectivity index (χ1n) is 6.97. The van der Waals surface area contributed by atoms with Gasteiger partial charge >= 0.3 is 5.97 Å². The number of piperidine rings is 1. The summed E-state index contributed by atoms with van der Waals surface area (Å²) in [7, 11) is 0. The van der Waals surface area contributed by atoms with Gasteiger partial charge in [0.2, 0.25) is 5.95 Å². The molecule has 1 unspecified atom stereocenters. The molecule has 1 aliphatic heterocycles. The zero-order valence-electron chi connectivity index (χ0n) is 11.6. The highest BCUT2D eigenvalue weighted by Gasteiger charge is 2.24. The lowest BCUT2D eigenvalue weighted by Gasteiger charge is -2.35. The summed E-state index contributed by atoms with van der Waals surface area (Å²) in [6.45, 7) is 4.89. The van der Waals surface area contributed by atoms with Crippen LogP contribution in [0, 0.1) is 6.92 Å². The van der Waals surface area contributed by atoms with Crippen molar-refractivity contribution < 1.29 is 9.90 Å². The zero-order chi connectivity index (χ0) is 13.8. The van der Waals surface area contributed by atoms with Gasteiger partial charge in [0, 0.05) is 18.8 Å². The van der Waals surface area contributed by atoms with Crippen LogP contribution in [0.1, 0.15) is 55.1 Å². The number of carbonyl (C=O) groups is 1. The number of aromatic nitrogens is 2. The van der Waals surface area contributed by atoms with Crippen LogP contribution in [0.5, 0.6) is 0 Å². The van der Waals surface area contributed by atoms with E-state index < -0.39 is 5.97 Å². The molecule has 1 N–H and O–H groups in total. The minimum atomic E-state index is -0.965. The van der Waals surface area contributed by atoms with Crippen molar-refractivity contribution in [3.05, 3.63) is 17.5 Å². The van der Waals surface area contributed by atoms with E-state index in [1.165, 1.54) is 19.0 Å². The SMILES string of the molecule is CCCC1CCCCN1c1ncc(C(=O)O)c(C)n1. The quantitative estimate of drug-likeness (QED) is 0.904. The fourth-order valence-electron chi connectivity index (χ4n) is 2.70. The largest absolute Gasteiger partial charge is 0.478 e. The molecule has 1 aromatic rings.